The van der Waals surface area contributed by atoms with Gasteiger partial charge in [-0.1, -0.05) is 12.1 Å². The highest BCUT2D eigenvalue weighted by Gasteiger charge is 2.31. The molecule has 2 fully saturated rings. The highest BCUT2D eigenvalue weighted by atomic mass is 35.5. The SMILES string of the molecule is Cl.O=C(CN1CCC[C@H]1C(=O)O)NCc1ccc(C(=O)N2CCCC2)cc1. The summed E-state index contributed by atoms with van der Waals surface area (Å²) in [5.41, 5.74) is 1.58. The van der Waals surface area contributed by atoms with Gasteiger partial charge in [-0.05, 0) is 49.9 Å². The summed E-state index contributed by atoms with van der Waals surface area (Å²) < 4.78 is 0. The molecule has 0 unspecified atom stereocenters. The van der Waals surface area contributed by atoms with Gasteiger partial charge in [-0.3, -0.25) is 19.3 Å². The standard InChI is InChI=1S/C19H25N3O4.ClH/c23-17(13-22-11-3-4-16(22)19(25)26)20-12-14-5-7-15(8-6-14)18(24)21-9-1-2-10-21;/h5-8,16H,1-4,9-13H2,(H,20,23)(H,25,26);1H/t16-;/m0./s1. The molecule has 0 aliphatic carbocycles. The second-order valence-corrected chi connectivity index (χ2v) is 6.94. The maximum absolute atomic E-state index is 12.3. The van der Waals surface area contributed by atoms with Gasteiger partial charge < -0.3 is 15.3 Å². The topological polar surface area (TPSA) is 90.0 Å². The van der Waals surface area contributed by atoms with Crippen LogP contribution in [0.5, 0.6) is 0 Å². The third-order valence-electron chi connectivity index (χ3n) is 5.08. The maximum Gasteiger partial charge on any atom is 0.320 e. The molecule has 27 heavy (non-hydrogen) atoms. The van der Waals surface area contributed by atoms with E-state index in [0.717, 1.165) is 37.9 Å². The molecule has 0 saturated carbocycles. The van der Waals surface area contributed by atoms with E-state index in [4.69, 9.17) is 5.11 Å². The van der Waals surface area contributed by atoms with Crippen LogP contribution in [0.15, 0.2) is 24.3 Å². The summed E-state index contributed by atoms with van der Waals surface area (Å²) in [4.78, 5) is 39.1. The van der Waals surface area contributed by atoms with Gasteiger partial charge in [-0.2, -0.15) is 0 Å². The van der Waals surface area contributed by atoms with Crippen LogP contribution in [-0.4, -0.2) is 64.9 Å². The Labute approximate surface area is 165 Å². The van der Waals surface area contributed by atoms with Crippen LogP contribution in [0.1, 0.15) is 41.6 Å². The average molecular weight is 396 g/mol. The van der Waals surface area contributed by atoms with Gasteiger partial charge in [0.2, 0.25) is 5.91 Å². The molecule has 3 rings (SSSR count). The van der Waals surface area contributed by atoms with Gasteiger partial charge in [0.05, 0.1) is 6.54 Å². The molecule has 0 aromatic heterocycles. The van der Waals surface area contributed by atoms with Crippen molar-refractivity contribution in [2.75, 3.05) is 26.2 Å². The van der Waals surface area contributed by atoms with Crippen molar-refractivity contribution in [1.29, 1.82) is 0 Å². The summed E-state index contributed by atoms with van der Waals surface area (Å²) >= 11 is 0. The van der Waals surface area contributed by atoms with Gasteiger partial charge in [0, 0.05) is 25.2 Å². The molecule has 2 N–H and O–H groups in total. The first-order valence-corrected chi connectivity index (χ1v) is 9.16. The lowest BCUT2D eigenvalue weighted by molar-refractivity contribution is -0.142. The van der Waals surface area contributed by atoms with Crippen LogP contribution in [0.2, 0.25) is 0 Å². The van der Waals surface area contributed by atoms with Crippen LogP contribution in [0.3, 0.4) is 0 Å². The molecule has 2 amide bonds. The Morgan fingerprint density at radius 1 is 1.04 bits per heavy atom. The smallest absolute Gasteiger partial charge is 0.320 e. The van der Waals surface area contributed by atoms with Crippen LogP contribution in [0.4, 0.5) is 0 Å². The number of nitrogens with one attached hydrogen (secondary N) is 1. The second-order valence-electron chi connectivity index (χ2n) is 6.94. The average Bonchev–Trinajstić information content (AvgIpc) is 3.31. The fourth-order valence-corrected chi connectivity index (χ4v) is 3.60. The summed E-state index contributed by atoms with van der Waals surface area (Å²) in [5.74, 6) is -0.990. The zero-order chi connectivity index (χ0) is 18.5. The van der Waals surface area contributed by atoms with Crippen molar-refractivity contribution in [3.63, 3.8) is 0 Å². The molecule has 2 saturated heterocycles. The monoisotopic (exact) mass is 395 g/mol. The number of benzene rings is 1. The molecular formula is C19H26ClN3O4. The first kappa shape index (κ1) is 21.2. The predicted octanol–water partition coefficient (Wildman–Crippen LogP) is 1.51. The highest BCUT2D eigenvalue weighted by Crippen LogP contribution is 2.17. The summed E-state index contributed by atoms with van der Waals surface area (Å²) in [6.45, 7) is 2.75. The number of hydrogen-bond acceptors (Lipinski definition) is 4. The van der Waals surface area contributed by atoms with Crippen LogP contribution in [-0.2, 0) is 16.1 Å². The largest absolute Gasteiger partial charge is 0.480 e. The minimum absolute atomic E-state index is 0. The van der Waals surface area contributed by atoms with E-state index in [0.29, 0.717) is 25.1 Å². The fraction of sp³-hybridized carbons (Fsp3) is 0.526. The lowest BCUT2D eigenvalue weighted by atomic mass is 10.1. The number of carbonyl (C=O) groups is 3. The summed E-state index contributed by atoms with van der Waals surface area (Å²) in [5, 5.41) is 12.0. The molecule has 1 aromatic rings. The van der Waals surface area contributed by atoms with Crippen molar-refractivity contribution in [3.8, 4) is 0 Å². The number of carboxylic acid groups (broad SMARTS) is 1. The zero-order valence-corrected chi connectivity index (χ0v) is 16.0. The fourth-order valence-electron chi connectivity index (χ4n) is 3.60. The Kier molecular flexibility index (Phi) is 7.62. The first-order valence-electron chi connectivity index (χ1n) is 9.16. The van der Waals surface area contributed by atoms with Crippen molar-refractivity contribution < 1.29 is 19.5 Å². The van der Waals surface area contributed by atoms with Crippen molar-refractivity contribution in [1.82, 2.24) is 15.1 Å². The summed E-state index contributed by atoms with van der Waals surface area (Å²) in [6.07, 6.45) is 3.52. The lowest BCUT2D eigenvalue weighted by Gasteiger charge is -2.20. The Morgan fingerprint density at radius 3 is 2.33 bits per heavy atom. The quantitative estimate of drug-likeness (QED) is 0.762. The van der Waals surface area contributed by atoms with E-state index in [1.54, 1.807) is 17.0 Å². The van der Waals surface area contributed by atoms with Crippen LogP contribution >= 0.6 is 12.4 Å². The molecule has 1 aromatic carbocycles. The van der Waals surface area contributed by atoms with Crippen molar-refractivity contribution in [3.05, 3.63) is 35.4 Å². The highest BCUT2D eigenvalue weighted by molar-refractivity contribution is 5.94. The first-order chi connectivity index (χ1) is 12.5. The molecule has 2 aliphatic heterocycles. The molecule has 0 radical (unpaired) electrons. The molecule has 0 spiro atoms. The Balaban J connectivity index is 0.00000261. The third-order valence-corrected chi connectivity index (χ3v) is 5.08. The Bertz CT molecular complexity index is 674. The van der Waals surface area contributed by atoms with E-state index in [2.05, 4.69) is 5.32 Å². The minimum atomic E-state index is -0.867. The van der Waals surface area contributed by atoms with Gasteiger partial charge in [-0.15, -0.1) is 12.4 Å². The van der Waals surface area contributed by atoms with Gasteiger partial charge in [0.1, 0.15) is 6.04 Å². The van der Waals surface area contributed by atoms with Crippen molar-refractivity contribution in [2.45, 2.75) is 38.3 Å². The number of rotatable bonds is 6. The predicted molar refractivity (Wildman–Crippen MR) is 103 cm³/mol. The van der Waals surface area contributed by atoms with Crippen LogP contribution < -0.4 is 5.32 Å². The van der Waals surface area contributed by atoms with E-state index >= 15 is 0 Å². The molecule has 1 atom stereocenters. The summed E-state index contributed by atoms with van der Waals surface area (Å²) in [6, 6.07) is 6.72. The van der Waals surface area contributed by atoms with E-state index in [9.17, 15) is 14.4 Å². The lowest BCUT2D eigenvalue weighted by Crippen LogP contribution is -2.42. The molecule has 148 valence electrons. The maximum atomic E-state index is 12.3. The molecule has 0 bridgehead atoms. The molecular weight excluding hydrogens is 370 g/mol. The van der Waals surface area contributed by atoms with E-state index in [1.807, 2.05) is 17.0 Å². The zero-order valence-electron chi connectivity index (χ0n) is 15.2. The molecule has 8 heteroatoms. The molecule has 2 aliphatic rings. The van der Waals surface area contributed by atoms with Gasteiger partial charge in [0.15, 0.2) is 0 Å². The number of aliphatic carboxylic acids is 1. The number of hydrogen-bond donors (Lipinski definition) is 2. The number of amides is 2. The molecule has 2 heterocycles. The number of likely N-dealkylation sites (tertiary alicyclic amines) is 2. The second kappa shape index (κ2) is 9.71. The van der Waals surface area contributed by atoms with E-state index < -0.39 is 12.0 Å². The van der Waals surface area contributed by atoms with Gasteiger partial charge >= 0.3 is 5.97 Å². The van der Waals surface area contributed by atoms with Crippen LogP contribution in [0, 0.1) is 0 Å². The van der Waals surface area contributed by atoms with Crippen molar-refractivity contribution >= 4 is 30.2 Å². The van der Waals surface area contributed by atoms with Crippen LogP contribution in [0.25, 0.3) is 0 Å². The summed E-state index contributed by atoms with van der Waals surface area (Å²) in [7, 11) is 0. The van der Waals surface area contributed by atoms with E-state index in [1.165, 1.54) is 0 Å². The van der Waals surface area contributed by atoms with E-state index in [-0.39, 0.29) is 30.8 Å². The number of carboxylic acids is 1. The van der Waals surface area contributed by atoms with Crippen molar-refractivity contribution in [2.24, 2.45) is 0 Å². The molecule has 7 nitrogen and oxygen atoms in total. The Morgan fingerprint density at radius 2 is 1.70 bits per heavy atom. The van der Waals surface area contributed by atoms with Gasteiger partial charge in [0.25, 0.3) is 5.91 Å². The number of halogens is 1. The van der Waals surface area contributed by atoms with Gasteiger partial charge in [-0.25, -0.2) is 0 Å². The number of carbonyl (C=O) groups excluding carboxylic acids is 2. The normalized spacial score (nSPS) is 19.6. The minimum Gasteiger partial charge on any atom is -0.480 e. The Hall–Kier alpha value is -2.12. The third kappa shape index (κ3) is 5.43. The number of nitrogens with zero attached hydrogens (tertiary/aromatic N) is 2.